The van der Waals surface area contributed by atoms with E-state index in [9.17, 15) is 79.0 Å². The summed E-state index contributed by atoms with van der Waals surface area (Å²) in [6.07, 6.45) is -42.7. The molecule has 0 spiro atoms. The summed E-state index contributed by atoms with van der Waals surface area (Å²) >= 11 is 0. The highest BCUT2D eigenvalue weighted by atomic mass is 19.4. The van der Waals surface area contributed by atoms with Gasteiger partial charge < -0.3 is 4.74 Å². The van der Waals surface area contributed by atoms with Crippen molar-refractivity contribution in [3.8, 4) is 0 Å². The molecule has 200 valence electrons. The smallest absolute Gasteiger partial charge is 0.362 e. The van der Waals surface area contributed by atoms with Crippen LogP contribution in [0.2, 0.25) is 0 Å². The Hall–Kier alpha value is -1.30. The number of ether oxygens (including phenoxy) is 1. The maximum atomic E-state index is 14.1. The van der Waals surface area contributed by atoms with Crippen molar-refractivity contribution >= 4 is 0 Å². The monoisotopic (exact) mass is 538 g/mol. The fourth-order valence-corrected chi connectivity index (χ4v) is 2.60. The minimum absolute atomic E-state index is 0.160. The van der Waals surface area contributed by atoms with Gasteiger partial charge in [0.25, 0.3) is 0 Å². The summed E-state index contributed by atoms with van der Waals surface area (Å²) < 4.78 is 238. The van der Waals surface area contributed by atoms with E-state index in [1.54, 1.807) is 0 Å². The molecule has 0 heterocycles. The Morgan fingerprint density at radius 2 is 0.606 bits per heavy atom. The summed E-state index contributed by atoms with van der Waals surface area (Å²) in [5.74, 6) is -13.9. The lowest BCUT2D eigenvalue weighted by Crippen LogP contribution is -2.71. The van der Waals surface area contributed by atoms with E-state index in [2.05, 4.69) is 4.74 Å². The van der Waals surface area contributed by atoms with Crippen molar-refractivity contribution in [2.24, 2.45) is 0 Å². The zero-order valence-electron chi connectivity index (χ0n) is 15.8. The van der Waals surface area contributed by atoms with Crippen LogP contribution in [0.5, 0.6) is 0 Å². The first kappa shape index (κ1) is 31.7. The summed E-state index contributed by atoms with van der Waals surface area (Å²) in [5, 5.41) is 0. The van der Waals surface area contributed by atoms with Crippen LogP contribution in [0, 0.1) is 0 Å². The molecule has 0 radical (unpaired) electrons. The lowest BCUT2D eigenvalue weighted by atomic mass is 9.88. The summed E-state index contributed by atoms with van der Waals surface area (Å²) in [6, 6.07) is 0. The van der Waals surface area contributed by atoms with Crippen molar-refractivity contribution in [1.82, 2.24) is 0 Å². The molecular weight excluding hydrogens is 526 g/mol. The van der Waals surface area contributed by atoms with Crippen LogP contribution in [0.3, 0.4) is 0 Å². The molecule has 0 N–H and O–H groups in total. The first-order chi connectivity index (χ1) is 14.1. The second kappa shape index (κ2) is 8.73. The van der Waals surface area contributed by atoms with Crippen LogP contribution in [0.4, 0.5) is 79.0 Å². The Balaban J connectivity index is 6.74. The maximum absolute atomic E-state index is 14.1. The topological polar surface area (TPSA) is 9.23 Å². The molecule has 0 aliphatic heterocycles. The number of hydrogen-bond donors (Lipinski definition) is 0. The Morgan fingerprint density at radius 1 is 0.424 bits per heavy atom. The molecule has 1 nitrogen and oxygen atoms in total. The van der Waals surface area contributed by atoms with Gasteiger partial charge >= 0.3 is 47.9 Å². The van der Waals surface area contributed by atoms with Gasteiger partial charge in [-0.1, -0.05) is 13.8 Å². The highest BCUT2D eigenvalue weighted by Gasteiger charge is 2.88. The highest BCUT2D eigenvalue weighted by Crippen LogP contribution is 2.59. The molecule has 0 fully saturated rings. The zero-order chi connectivity index (χ0) is 27.3. The number of alkyl halides is 18. The Morgan fingerprint density at radius 3 is 0.727 bits per heavy atom. The van der Waals surface area contributed by atoms with E-state index >= 15 is 0 Å². The molecule has 33 heavy (non-hydrogen) atoms. The molecule has 19 heteroatoms. The van der Waals surface area contributed by atoms with E-state index in [4.69, 9.17) is 0 Å². The predicted molar refractivity (Wildman–Crippen MR) is 71.0 cm³/mol. The summed E-state index contributed by atoms with van der Waals surface area (Å²) in [7, 11) is 0. The lowest BCUT2D eigenvalue weighted by Gasteiger charge is -2.43. The van der Waals surface area contributed by atoms with E-state index in [1.807, 2.05) is 0 Å². The minimum atomic E-state index is -7.54. The van der Waals surface area contributed by atoms with Gasteiger partial charge in [0.1, 0.15) is 12.2 Å². The molecule has 0 rings (SSSR count). The number of rotatable bonds is 8. The van der Waals surface area contributed by atoms with Gasteiger partial charge in [0, 0.05) is 0 Å². The molecule has 0 aromatic carbocycles. The van der Waals surface area contributed by atoms with Gasteiger partial charge in [-0.25, -0.2) is 8.78 Å². The second-order valence-corrected chi connectivity index (χ2v) is 6.48. The average molecular weight is 538 g/mol. The molecule has 2 unspecified atom stereocenters. The summed E-state index contributed by atoms with van der Waals surface area (Å²) in [6.45, 7) is 0.319. The van der Waals surface area contributed by atoms with Gasteiger partial charge in [0.2, 0.25) is 0 Å². The third kappa shape index (κ3) is 4.78. The molecule has 0 bridgehead atoms. The lowest BCUT2D eigenvalue weighted by molar-refractivity contribution is -0.426. The maximum Gasteiger partial charge on any atom is 0.437 e. The van der Waals surface area contributed by atoms with E-state index in [0.717, 1.165) is 0 Å². The molecule has 0 saturated carbocycles. The third-order valence-corrected chi connectivity index (χ3v) is 4.36. The molecule has 0 aromatic heterocycles. The van der Waals surface area contributed by atoms with Crippen molar-refractivity contribution in [3.63, 3.8) is 0 Å². The summed E-state index contributed by atoms with van der Waals surface area (Å²) in [5.41, 5.74) is -15.1. The quantitative estimate of drug-likeness (QED) is 0.291. The standard InChI is InChI=1S/C14H12F18O/c1-3-5(7(15,16)9(19,11(21,22)23)12(24,25)26)33-6(4-2)8(17,18)10(20,13(27,28)29)14(30,31)32/h5-6H,3-4H2,1-2H3. The molecule has 2 atom stereocenters. The van der Waals surface area contributed by atoms with Gasteiger partial charge in [0.05, 0.1) is 0 Å². The van der Waals surface area contributed by atoms with Gasteiger partial charge in [-0.15, -0.1) is 0 Å². The molecule has 0 aliphatic rings. The van der Waals surface area contributed by atoms with Gasteiger partial charge in [-0.3, -0.25) is 0 Å². The molecule has 0 aromatic rings. The average Bonchev–Trinajstić information content (AvgIpc) is 2.56. The first-order valence-corrected chi connectivity index (χ1v) is 8.18. The van der Waals surface area contributed by atoms with Crippen LogP contribution >= 0.6 is 0 Å². The van der Waals surface area contributed by atoms with E-state index in [-0.39, 0.29) is 13.8 Å². The number of halogens is 18. The Kier molecular flexibility index (Phi) is 8.38. The fraction of sp³-hybridized carbons (Fsp3) is 1.00. The van der Waals surface area contributed by atoms with Gasteiger partial charge in [-0.2, -0.15) is 70.2 Å². The van der Waals surface area contributed by atoms with Crippen LogP contribution in [-0.4, -0.2) is 60.1 Å². The SMILES string of the molecule is CCC(OC(CC)C(F)(F)C(F)(C(F)(F)F)C(F)(F)F)C(F)(F)C(F)(C(F)(F)F)C(F)(F)F. The third-order valence-electron chi connectivity index (χ3n) is 4.36. The molecule has 0 aliphatic carbocycles. The van der Waals surface area contributed by atoms with E-state index in [1.165, 1.54) is 0 Å². The van der Waals surface area contributed by atoms with E-state index < -0.39 is 72.9 Å². The van der Waals surface area contributed by atoms with Gasteiger partial charge in [-0.05, 0) is 12.8 Å². The van der Waals surface area contributed by atoms with Crippen molar-refractivity contribution < 1.29 is 83.8 Å². The van der Waals surface area contributed by atoms with Crippen LogP contribution in [0.15, 0.2) is 0 Å². The largest absolute Gasteiger partial charge is 0.437 e. The number of hydrogen-bond acceptors (Lipinski definition) is 1. The minimum Gasteiger partial charge on any atom is -0.362 e. The van der Waals surface area contributed by atoms with Crippen LogP contribution < -0.4 is 0 Å². The molecular formula is C14H12F18O. The fourth-order valence-electron chi connectivity index (χ4n) is 2.60. The van der Waals surface area contributed by atoms with Crippen molar-refractivity contribution in [3.05, 3.63) is 0 Å². The van der Waals surface area contributed by atoms with Crippen molar-refractivity contribution in [2.75, 3.05) is 0 Å². The predicted octanol–water partition coefficient (Wildman–Crippen LogP) is 7.50. The zero-order valence-corrected chi connectivity index (χ0v) is 15.8. The summed E-state index contributed by atoms with van der Waals surface area (Å²) in [4.78, 5) is 0. The molecule has 0 amide bonds. The normalized spacial score (nSPS) is 17.8. The van der Waals surface area contributed by atoms with Crippen LogP contribution in [0.1, 0.15) is 26.7 Å². The van der Waals surface area contributed by atoms with Crippen LogP contribution in [-0.2, 0) is 4.74 Å². The van der Waals surface area contributed by atoms with Crippen LogP contribution in [0.25, 0.3) is 0 Å². The Bertz CT molecular complexity index is 569. The molecule has 0 saturated heterocycles. The first-order valence-electron chi connectivity index (χ1n) is 8.18. The van der Waals surface area contributed by atoms with Crippen molar-refractivity contribution in [1.29, 1.82) is 0 Å². The van der Waals surface area contributed by atoms with E-state index in [0.29, 0.717) is 0 Å². The van der Waals surface area contributed by atoms with Crippen molar-refractivity contribution in [2.45, 2.75) is 86.8 Å². The Labute approximate surface area is 172 Å². The highest BCUT2D eigenvalue weighted by molar-refractivity contribution is 5.11. The van der Waals surface area contributed by atoms with Gasteiger partial charge in [0.15, 0.2) is 0 Å². The second-order valence-electron chi connectivity index (χ2n) is 6.48.